The highest BCUT2D eigenvalue weighted by atomic mass is 16.5. The fourth-order valence-corrected chi connectivity index (χ4v) is 5.93. The van der Waals surface area contributed by atoms with Crippen LogP contribution in [0.1, 0.15) is 45.2 Å². The van der Waals surface area contributed by atoms with Gasteiger partial charge in [-0.15, -0.1) is 0 Å². The molecule has 0 spiro atoms. The monoisotopic (exact) mass is 504 g/mol. The molecule has 1 saturated carbocycles. The van der Waals surface area contributed by atoms with Gasteiger partial charge in [0.2, 0.25) is 5.91 Å². The number of carbonyl (C=O) groups is 3. The number of amides is 4. The lowest BCUT2D eigenvalue weighted by Crippen LogP contribution is -2.40. The number of nitrogens with two attached hydrogens (primary N) is 1. The third-order valence-electron chi connectivity index (χ3n) is 7.82. The highest BCUT2D eigenvalue weighted by Gasteiger charge is 2.53. The zero-order valence-electron chi connectivity index (χ0n) is 21.2. The normalized spacial score (nSPS) is 23.3. The Hall–Kier alpha value is -3.82. The van der Waals surface area contributed by atoms with Crippen LogP contribution in [0.4, 0.5) is 16.3 Å². The lowest BCUT2D eigenvalue weighted by atomic mass is 10.0. The second-order valence-corrected chi connectivity index (χ2v) is 10.6. The highest BCUT2D eigenvalue weighted by molar-refractivity contribution is 6.15. The summed E-state index contributed by atoms with van der Waals surface area (Å²) in [5.74, 6) is 1.22. The van der Waals surface area contributed by atoms with Crippen LogP contribution in [-0.2, 0) is 16.1 Å². The molecule has 1 aliphatic carbocycles. The van der Waals surface area contributed by atoms with Gasteiger partial charge in [0, 0.05) is 24.3 Å². The van der Waals surface area contributed by atoms with Gasteiger partial charge in [-0.3, -0.25) is 19.4 Å². The average Bonchev–Trinajstić information content (AvgIpc) is 3.39. The number of imide groups is 1. The molecule has 1 aromatic heterocycles. The standard InChI is InChI=1S/C27H32N6O4/c1-4-19-25(33-22(15(2)3)26(35)32(27(33)36)16-7-8-16)29-24-18-10-9-17(14-21(18)37-13-12-31(19)24)30-11-5-6-20(30)23(28)34/h4,9-10,14-16,20,22H,1,5-8,11-13H2,2-3H3,(H2,28,34)/t20-,22?/m0/s1. The van der Waals surface area contributed by atoms with Crippen molar-refractivity contribution in [1.29, 1.82) is 0 Å². The van der Waals surface area contributed by atoms with Gasteiger partial charge in [0.15, 0.2) is 5.82 Å². The maximum atomic E-state index is 13.6. The molecule has 1 aromatic carbocycles. The second-order valence-electron chi connectivity index (χ2n) is 10.6. The summed E-state index contributed by atoms with van der Waals surface area (Å²) in [7, 11) is 0. The van der Waals surface area contributed by atoms with Crippen molar-refractivity contribution in [3.63, 3.8) is 0 Å². The molecule has 3 aliphatic heterocycles. The number of fused-ring (bicyclic) bond motifs is 3. The van der Waals surface area contributed by atoms with E-state index in [0.717, 1.165) is 43.5 Å². The first-order chi connectivity index (χ1) is 17.8. The lowest BCUT2D eigenvalue weighted by molar-refractivity contribution is -0.128. The molecule has 2 aromatic rings. The molecule has 10 heteroatoms. The molecule has 2 atom stereocenters. The van der Waals surface area contributed by atoms with E-state index < -0.39 is 6.04 Å². The van der Waals surface area contributed by atoms with Crippen LogP contribution in [-0.4, -0.2) is 63.6 Å². The van der Waals surface area contributed by atoms with E-state index in [9.17, 15) is 14.4 Å². The molecule has 0 radical (unpaired) electrons. The zero-order chi connectivity index (χ0) is 26.0. The van der Waals surface area contributed by atoms with Crippen LogP contribution in [0.15, 0.2) is 24.8 Å². The Morgan fingerprint density at radius 2 is 1.97 bits per heavy atom. The first kappa shape index (κ1) is 23.6. The molecule has 1 unspecified atom stereocenters. The first-order valence-corrected chi connectivity index (χ1v) is 13.0. The van der Waals surface area contributed by atoms with Crippen molar-refractivity contribution in [2.75, 3.05) is 23.0 Å². The summed E-state index contributed by atoms with van der Waals surface area (Å²) in [6.45, 7) is 9.58. The summed E-state index contributed by atoms with van der Waals surface area (Å²) >= 11 is 0. The summed E-state index contributed by atoms with van der Waals surface area (Å²) in [6, 6.07) is 4.58. The van der Waals surface area contributed by atoms with E-state index in [-0.39, 0.29) is 35.8 Å². The topological polar surface area (TPSA) is 114 Å². The number of imidazole rings is 1. The van der Waals surface area contributed by atoms with Gasteiger partial charge >= 0.3 is 6.03 Å². The molecule has 3 fully saturated rings. The average molecular weight is 505 g/mol. The number of nitrogens with zero attached hydrogens (tertiary/aromatic N) is 5. The van der Waals surface area contributed by atoms with E-state index in [4.69, 9.17) is 15.5 Å². The first-order valence-electron chi connectivity index (χ1n) is 13.0. The number of aromatic nitrogens is 2. The van der Waals surface area contributed by atoms with Gasteiger partial charge in [0.05, 0.1) is 17.8 Å². The third kappa shape index (κ3) is 3.60. The van der Waals surface area contributed by atoms with E-state index in [1.165, 1.54) is 4.90 Å². The minimum atomic E-state index is -0.607. The van der Waals surface area contributed by atoms with Crippen LogP contribution >= 0.6 is 0 Å². The van der Waals surface area contributed by atoms with Crippen molar-refractivity contribution < 1.29 is 19.1 Å². The number of primary amides is 1. The van der Waals surface area contributed by atoms with Gasteiger partial charge < -0.3 is 19.9 Å². The van der Waals surface area contributed by atoms with E-state index in [1.807, 2.05) is 41.5 Å². The molecule has 4 aliphatic rings. The van der Waals surface area contributed by atoms with Gasteiger partial charge in [-0.05, 0) is 49.8 Å². The van der Waals surface area contributed by atoms with Gasteiger partial charge in [-0.2, -0.15) is 0 Å². The Kier molecular flexibility index (Phi) is 5.50. The molecule has 4 heterocycles. The lowest BCUT2D eigenvalue weighted by Gasteiger charge is -2.25. The van der Waals surface area contributed by atoms with Crippen LogP contribution in [0.5, 0.6) is 5.75 Å². The Bertz CT molecular complexity index is 1310. The molecule has 2 N–H and O–H groups in total. The number of anilines is 2. The van der Waals surface area contributed by atoms with Gasteiger partial charge in [0.25, 0.3) is 5.91 Å². The van der Waals surface area contributed by atoms with Crippen LogP contribution in [0.25, 0.3) is 17.5 Å². The fourth-order valence-electron chi connectivity index (χ4n) is 5.93. The third-order valence-corrected chi connectivity index (χ3v) is 7.82. The molecule has 10 nitrogen and oxygen atoms in total. The van der Waals surface area contributed by atoms with E-state index in [1.54, 1.807) is 11.0 Å². The van der Waals surface area contributed by atoms with Crippen molar-refractivity contribution in [3.8, 4) is 17.1 Å². The molecule has 37 heavy (non-hydrogen) atoms. The van der Waals surface area contributed by atoms with Crippen LogP contribution < -0.4 is 20.3 Å². The fraction of sp³-hybridized carbons (Fsp3) is 0.481. The number of urea groups is 1. The summed E-state index contributed by atoms with van der Waals surface area (Å²) in [5.41, 5.74) is 7.99. The van der Waals surface area contributed by atoms with Crippen molar-refractivity contribution in [2.45, 2.75) is 64.2 Å². The number of hydrogen-bond acceptors (Lipinski definition) is 6. The van der Waals surface area contributed by atoms with E-state index in [2.05, 4.69) is 6.58 Å². The van der Waals surface area contributed by atoms with Crippen molar-refractivity contribution in [2.24, 2.45) is 11.7 Å². The number of rotatable bonds is 6. The number of benzene rings is 1. The quantitative estimate of drug-likeness (QED) is 0.605. The molecule has 6 rings (SSSR count). The van der Waals surface area contributed by atoms with Gasteiger partial charge in [0.1, 0.15) is 30.3 Å². The van der Waals surface area contributed by atoms with Crippen LogP contribution in [0.3, 0.4) is 0 Å². The Morgan fingerprint density at radius 1 is 1.19 bits per heavy atom. The predicted octanol–water partition coefficient (Wildman–Crippen LogP) is 3.00. The second kappa shape index (κ2) is 8.64. The Morgan fingerprint density at radius 3 is 2.65 bits per heavy atom. The Balaban J connectivity index is 1.43. The minimum Gasteiger partial charge on any atom is -0.491 e. The maximum Gasteiger partial charge on any atom is 0.333 e. The molecular weight excluding hydrogens is 472 g/mol. The number of ether oxygens (including phenoxy) is 1. The summed E-state index contributed by atoms with van der Waals surface area (Å²) in [4.78, 5) is 48.8. The van der Waals surface area contributed by atoms with Crippen LogP contribution in [0.2, 0.25) is 0 Å². The summed E-state index contributed by atoms with van der Waals surface area (Å²) in [6.07, 6.45) is 5.04. The van der Waals surface area contributed by atoms with Gasteiger partial charge in [-0.25, -0.2) is 9.78 Å². The SMILES string of the molecule is C=Cc1c(N2C(=O)N(C3CC3)C(=O)C2C(C)C)nc2n1CCOc1cc(N3CCC[C@H]3C(N)=O)ccc1-2. The summed E-state index contributed by atoms with van der Waals surface area (Å²) < 4.78 is 8.13. The largest absolute Gasteiger partial charge is 0.491 e. The van der Waals surface area contributed by atoms with Crippen LogP contribution in [0, 0.1) is 5.92 Å². The van der Waals surface area contributed by atoms with Crippen molar-refractivity contribution >= 4 is 35.4 Å². The minimum absolute atomic E-state index is 0.0127. The summed E-state index contributed by atoms with van der Waals surface area (Å²) in [5, 5.41) is 0. The van der Waals surface area contributed by atoms with E-state index >= 15 is 0 Å². The smallest absolute Gasteiger partial charge is 0.333 e. The zero-order valence-corrected chi connectivity index (χ0v) is 21.2. The van der Waals surface area contributed by atoms with E-state index in [0.29, 0.717) is 36.2 Å². The molecular formula is C27H32N6O4. The van der Waals surface area contributed by atoms with Crippen molar-refractivity contribution in [3.05, 3.63) is 30.5 Å². The molecule has 4 amide bonds. The highest BCUT2D eigenvalue weighted by Crippen LogP contribution is 2.42. The maximum absolute atomic E-state index is 13.6. The Labute approximate surface area is 215 Å². The molecule has 0 bridgehead atoms. The van der Waals surface area contributed by atoms with Gasteiger partial charge in [-0.1, -0.05) is 20.4 Å². The number of hydrogen-bond donors (Lipinski definition) is 1. The molecule has 194 valence electrons. The molecule has 2 saturated heterocycles. The predicted molar refractivity (Wildman–Crippen MR) is 139 cm³/mol. The van der Waals surface area contributed by atoms with Crippen molar-refractivity contribution in [1.82, 2.24) is 14.5 Å². The number of carbonyl (C=O) groups excluding carboxylic acids is 3.